The van der Waals surface area contributed by atoms with Crippen molar-refractivity contribution in [1.29, 1.82) is 0 Å². The van der Waals surface area contributed by atoms with Crippen LogP contribution < -0.4 is 4.90 Å². The van der Waals surface area contributed by atoms with Crippen LogP contribution >= 0.6 is 11.8 Å². The van der Waals surface area contributed by atoms with Crippen molar-refractivity contribution in [3.8, 4) is 5.69 Å². The number of amides is 1. The smallest absolute Gasteiger partial charge is 0.233 e. The van der Waals surface area contributed by atoms with E-state index >= 15 is 0 Å². The van der Waals surface area contributed by atoms with E-state index in [2.05, 4.69) is 78.5 Å². The van der Waals surface area contributed by atoms with E-state index < -0.39 is 0 Å². The zero-order valence-corrected chi connectivity index (χ0v) is 19.6. The maximum absolute atomic E-state index is 12.9. The molecule has 1 fully saturated rings. The Hall–Kier alpha value is -2.73. The number of imidazole rings is 1. The van der Waals surface area contributed by atoms with Crippen LogP contribution in [-0.2, 0) is 4.79 Å². The Labute approximate surface area is 189 Å². The van der Waals surface area contributed by atoms with Crippen molar-refractivity contribution in [2.75, 3.05) is 36.8 Å². The van der Waals surface area contributed by atoms with Crippen LogP contribution in [0.3, 0.4) is 0 Å². The van der Waals surface area contributed by atoms with Gasteiger partial charge in [0.2, 0.25) is 5.91 Å². The van der Waals surface area contributed by atoms with E-state index in [0.717, 1.165) is 37.0 Å². The van der Waals surface area contributed by atoms with Crippen molar-refractivity contribution in [3.05, 3.63) is 71.0 Å². The first kappa shape index (κ1) is 21.5. The number of carbonyl (C=O) groups is 1. The third-order valence-electron chi connectivity index (χ3n) is 6.25. The van der Waals surface area contributed by atoms with E-state index in [1.165, 1.54) is 39.7 Å². The molecule has 2 heterocycles. The molecule has 3 aromatic rings. The summed E-state index contributed by atoms with van der Waals surface area (Å²) >= 11 is 1.51. The number of piperazine rings is 1. The van der Waals surface area contributed by atoms with Gasteiger partial charge >= 0.3 is 0 Å². The predicted molar refractivity (Wildman–Crippen MR) is 128 cm³/mol. The average Bonchev–Trinajstić information content (AvgIpc) is 3.25. The van der Waals surface area contributed by atoms with Gasteiger partial charge in [0.1, 0.15) is 0 Å². The van der Waals surface area contributed by atoms with E-state index in [4.69, 9.17) is 0 Å². The summed E-state index contributed by atoms with van der Waals surface area (Å²) in [5.74, 6) is 0.589. The largest absolute Gasteiger partial charge is 0.368 e. The maximum Gasteiger partial charge on any atom is 0.233 e. The zero-order chi connectivity index (χ0) is 22.0. The number of rotatable bonds is 5. The Balaban J connectivity index is 1.35. The first-order chi connectivity index (χ1) is 14.9. The number of anilines is 1. The van der Waals surface area contributed by atoms with Gasteiger partial charge in [-0.3, -0.25) is 9.36 Å². The van der Waals surface area contributed by atoms with E-state index in [0.29, 0.717) is 5.75 Å². The molecule has 1 aromatic heterocycles. The number of aryl methyl sites for hydroxylation is 3. The van der Waals surface area contributed by atoms with Gasteiger partial charge in [-0.15, -0.1) is 0 Å². The van der Waals surface area contributed by atoms with Crippen LogP contribution in [0.4, 0.5) is 5.69 Å². The fourth-order valence-electron chi connectivity index (χ4n) is 3.96. The highest BCUT2D eigenvalue weighted by Crippen LogP contribution is 2.25. The van der Waals surface area contributed by atoms with Crippen molar-refractivity contribution in [1.82, 2.24) is 14.5 Å². The Kier molecular flexibility index (Phi) is 6.37. The third kappa shape index (κ3) is 4.64. The van der Waals surface area contributed by atoms with Gasteiger partial charge in [0.25, 0.3) is 0 Å². The molecule has 1 aliphatic heterocycles. The fraction of sp³-hybridized carbons (Fsp3) is 0.360. The van der Waals surface area contributed by atoms with Crippen LogP contribution in [-0.4, -0.2) is 52.3 Å². The highest BCUT2D eigenvalue weighted by molar-refractivity contribution is 7.99. The monoisotopic (exact) mass is 434 g/mol. The molecule has 0 N–H and O–H groups in total. The molecular weight excluding hydrogens is 404 g/mol. The predicted octanol–water partition coefficient (Wildman–Crippen LogP) is 4.55. The number of carbonyl (C=O) groups excluding carboxylic acids is 1. The molecule has 0 atom stereocenters. The summed E-state index contributed by atoms with van der Waals surface area (Å²) in [6.45, 7) is 11.8. The minimum Gasteiger partial charge on any atom is -0.368 e. The molecule has 1 aliphatic rings. The summed E-state index contributed by atoms with van der Waals surface area (Å²) in [6, 6.07) is 12.8. The van der Waals surface area contributed by atoms with Crippen LogP contribution in [0.5, 0.6) is 0 Å². The Morgan fingerprint density at radius 2 is 1.74 bits per heavy atom. The van der Waals surface area contributed by atoms with Crippen molar-refractivity contribution in [3.63, 3.8) is 0 Å². The van der Waals surface area contributed by atoms with Crippen LogP contribution in [0.1, 0.15) is 22.3 Å². The molecule has 0 radical (unpaired) electrons. The SMILES string of the molecule is Cc1ccc(-n2ccnc2SCC(=O)N2CCN(c3cccc(C)c3C)CC2)cc1C. The van der Waals surface area contributed by atoms with Gasteiger partial charge in [0.15, 0.2) is 5.16 Å². The lowest BCUT2D eigenvalue weighted by molar-refractivity contribution is -0.128. The first-order valence-electron chi connectivity index (χ1n) is 10.8. The Morgan fingerprint density at radius 3 is 2.48 bits per heavy atom. The zero-order valence-electron chi connectivity index (χ0n) is 18.8. The summed E-state index contributed by atoms with van der Waals surface area (Å²) in [5, 5.41) is 0.852. The van der Waals surface area contributed by atoms with Crippen molar-refractivity contribution >= 4 is 23.4 Å². The molecular formula is C25H30N4OS. The molecule has 0 unspecified atom stereocenters. The maximum atomic E-state index is 12.9. The average molecular weight is 435 g/mol. The molecule has 0 spiro atoms. The summed E-state index contributed by atoms with van der Waals surface area (Å²) in [5.41, 5.74) is 7.53. The van der Waals surface area contributed by atoms with E-state index in [1.54, 1.807) is 6.20 Å². The Morgan fingerprint density at radius 1 is 0.968 bits per heavy atom. The third-order valence-corrected chi connectivity index (χ3v) is 7.20. The summed E-state index contributed by atoms with van der Waals surface area (Å²) in [6.07, 6.45) is 3.75. The lowest BCUT2D eigenvalue weighted by Crippen LogP contribution is -2.49. The van der Waals surface area contributed by atoms with E-state index in [9.17, 15) is 4.79 Å². The van der Waals surface area contributed by atoms with Gasteiger partial charge in [-0.05, 0) is 68.1 Å². The van der Waals surface area contributed by atoms with E-state index in [-0.39, 0.29) is 5.91 Å². The van der Waals surface area contributed by atoms with Crippen LogP contribution in [0.25, 0.3) is 5.69 Å². The first-order valence-corrected chi connectivity index (χ1v) is 11.8. The van der Waals surface area contributed by atoms with Crippen molar-refractivity contribution in [2.24, 2.45) is 0 Å². The van der Waals surface area contributed by atoms with Crippen LogP contribution in [0.2, 0.25) is 0 Å². The highest BCUT2D eigenvalue weighted by atomic mass is 32.2. The number of benzene rings is 2. The number of aromatic nitrogens is 2. The van der Waals surface area contributed by atoms with E-state index in [1.807, 2.05) is 11.1 Å². The lowest BCUT2D eigenvalue weighted by atomic mass is 10.1. The van der Waals surface area contributed by atoms with Crippen LogP contribution in [0, 0.1) is 27.7 Å². The summed E-state index contributed by atoms with van der Waals surface area (Å²) < 4.78 is 2.06. The van der Waals surface area contributed by atoms with Gasteiger partial charge < -0.3 is 9.80 Å². The minimum absolute atomic E-state index is 0.181. The molecule has 31 heavy (non-hydrogen) atoms. The van der Waals surface area contributed by atoms with Crippen molar-refractivity contribution in [2.45, 2.75) is 32.9 Å². The topological polar surface area (TPSA) is 41.4 Å². The molecule has 4 rings (SSSR count). The molecule has 1 amide bonds. The lowest BCUT2D eigenvalue weighted by Gasteiger charge is -2.37. The van der Waals surface area contributed by atoms with Gasteiger partial charge in [0.05, 0.1) is 5.75 Å². The second-order valence-electron chi connectivity index (χ2n) is 8.22. The number of hydrogen-bond acceptors (Lipinski definition) is 4. The number of hydrogen-bond donors (Lipinski definition) is 0. The standard InChI is InChI=1S/C25H30N4OS/c1-18-8-9-22(16-20(18)3)29-11-10-26-25(29)31-17-24(30)28-14-12-27(13-15-28)23-7-5-6-19(2)21(23)4/h5-11,16H,12-15,17H2,1-4H3. The molecule has 5 nitrogen and oxygen atoms in total. The van der Waals surface area contributed by atoms with Crippen LogP contribution in [0.15, 0.2) is 53.9 Å². The van der Waals surface area contributed by atoms with Crippen molar-refractivity contribution < 1.29 is 4.79 Å². The molecule has 6 heteroatoms. The molecule has 1 saturated heterocycles. The minimum atomic E-state index is 0.181. The summed E-state index contributed by atoms with van der Waals surface area (Å²) in [7, 11) is 0. The van der Waals surface area contributed by atoms with Gasteiger partial charge in [0, 0.05) is 49.9 Å². The molecule has 0 bridgehead atoms. The summed E-state index contributed by atoms with van der Waals surface area (Å²) in [4.78, 5) is 21.7. The van der Waals surface area contributed by atoms with Gasteiger partial charge in [-0.25, -0.2) is 4.98 Å². The molecule has 0 saturated carbocycles. The quantitative estimate of drug-likeness (QED) is 0.553. The Bertz CT molecular complexity index is 1080. The molecule has 2 aromatic carbocycles. The number of thioether (sulfide) groups is 1. The fourth-order valence-corrected chi connectivity index (χ4v) is 4.84. The normalized spacial score (nSPS) is 14.2. The second kappa shape index (κ2) is 9.18. The highest BCUT2D eigenvalue weighted by Gasteiger charge is 2.23. The van der Waals surface area contributed by atoms with Gasteiger partial charge in [-0.1, -0.05) is 30.0 Å². The van der Waals surface area contributed by atoms with Gasteiger partial charge in [-0.2, -0.15) is 0 Å². The molecule has 0 aliphatic carbocycles. The number of nitrogens with zero attached hydrogens (tertiary/aromatic N) is 4. The molecule has 162 valence electrons. The second-order valence-corrected chi connectivity index (χ2v) is 9.17.